The molecule has 3 aromatic rings. The molecule has 1 aliphatic heterocycles. The number of benzene rings is 2. The number of fused-ring (bicyclic) bond motifs is 1. The van der Waals surface area contributed by atoms with Crippen LogP contribution in [-0.4, -0.2) is 41.0 Å². The zero-order valence-corrected chi connectivity index (χ0v) is 22.2. The SMILES string of the molecule is C=C(N)c1ccc(C)c(-c2nc(NCCCN(CC)CC)nc3c2C=CC(=C)N3c2c(F)cccc2F)c1. The number of halogens is 2. The molecule has 4 rings (SSSR count). The van der Waals surface area contributed by atoms with Gasteiger partial charge in [0.25, 0.3) is 0 Å². The van der Waals surface area contributed by atoms with Gasteiger partial charge in [0, 0.05) is 29.1 Å². The topological polar surface area (TPSA) is 70.3 Å². The van der Waals surface area contributed by atoms with Crippen LogP contribution in [0.4, 0.5) is 26.2 Å². The highest BCUT2D eigenvalue weighted by molar-refractivity contribution is 5.89. The number of rotatable bonds is 10. The summed E-state index contributed by atoms with van der Waals surface area (Å²) in [5.74, 6) is -0.716. The molecule has 0 saturated heterocycles. The number of nitrogens with zero attached hydrogens (tertiary/aromatic N) is 4. The molecule has 0 spiro atoms. The first-order chi connectivity index (χ1) is 18.2. The molecule has 0 amide bonds. The van der Waals surface area contributed by atoms with Crippen molar-refractivity contribution in [3.8, 4) is 11.3 Å². The fourth-order valence-electron chi connectivity index (χ4n) is 4.53. The van der Waals surface area contributed by atoms with E-state index in [2.05, 4.69) is 37.2 Å². The Hall–Kier alpha value is -4.04. The minimum atomic E-state index is -0.709. The highest BCUT2D eigenvalue weighted by Crippen LogP contribution is 2.42. The van der Waals surface area contributed by atoms with Crippen molar-refractivity contribution in [2.75, 3.05) is 36.4 Å². The number of allylic oxidation sites excluding steroid dienone is 1. The van der Waals surface area contributed by atoms with Gasteiger partial charge in [-0.1, -0.05) is 45.2 Å². The number of nitrogens with one attached hydrogen (secondary N) is 1. The van der Waals surface area contributed by atoms with Gasteiger partial charge in [-0.3, -0.25) is 4.90 Å². The summed E-state index contributed by atoms with van der Waals surface area (Å²) in [5, 5.41) is 3.32. The van der Waals surface area contributed by atoms with Crippen LogP contribution in [-0.2, 0) is 0 Å². The number of para-hydroxylation sites is 1. The quantitative estimate of drug-likeness (QED) is 0.301. The second-order valence-electron chi connectivity index (χ2n) is 9.23. The van der Waals surface area contributed by atoms with E-state index in [4.69, 9.17) is 15.7 Å². The monoisotopic (exact) mass is 516 g/mol. The molecule has 2 heterocycles. The van der Waals surface area contributed by atoms with E-state index in [0.29, 0.717) is 41.0 Å². The molecular weight excluding hydrogens is 482 g/mol. The maximum absolute atomic E-state index is 15.0. The fraction of sp³-hybridized carbons (Fsp3) is 0.267. The van der Waals surface area contributed by atoms with Crippen LogP contribution in [0.5, 0.6) is 0 Å². The third kappa shape index (κ3) is 5.45. The molecule has 0 aliphatic carbocycles. The molecule has 0 fully saturated rings. The van der Waals surface area contributed by atoms with Gasteiger partial charge in [-0.25, -0.2) is 13.8 Å². The lowest BCUT2D eigenvalue weighted by atomic mass is 9.96. The molecule has 3 N–H and O–H groups in total. The normalized spacial score (nSPS) is 12.7. The second kappa shape index (κ2) is 11.6. The fourth-order valence-corrected chi connectivity index (χ4v) is 4.53. The predicted molar refractivity (Wildman–Crippen MR) is 153 cm³/mol. The van der Waals surface area contributed by atoms with Crippen molar-refractivity contribution in [1.29, 1.82) is 0 Å². The zero-order chi connectivity index (χ0) is 27.4. The van der Waals surface area contributed by atoms with Gasteiger partial charge in [0.05, 0.1) is 5.69 Å². The Bertz CT molecular complexity index is 1370. The number of nitrogens with two attached hydrogens (primary N) is 1. The first-order valence-electron chi connectivity index (χ1n) is 12.8. The van der Waals surface area contributed by atoms with Gasteiger partial charge in [-0.05, 0) is 74.5 Å². The van der Waals surface area contributed by atoms with Crippen molar-refractivity contribution < 1.29 is 8.78 Å². The van der Waals surface area contributed by atoms with E-state index >= 15 is 0 Å². The lowest BCUT2D eigenvalue weighted by molar-refractivity contribution is 0.303. The van der Waals surface area contributed by atoms with Gasteiger partial charge in [-0.2, -0.15) is 4.98 Å². The summed E-state index contributed by atoms with van der Waals surface area (Å²) in [4.78, 5) is 13.4. The summed E-state index contributed by atoms with van der Waals surface area (Å²) in [7, 11) is 0. The van der Waals surface area contributed by atoms with E-state index in [1.165, 1.54) is 23.1 Å². The number of hydrogen-bond acceptors (Lipinski definition) is 6. The molecule has 6 nitrogen and oxygen atoms in total. The third-order valence-corrected chi connectivity index (χ3v) is 6.72. The van der Waals surface area contributed by atoms with Crippen molar-refractivity contribution in [2.24, 2.45) is 5.73 Å². The van der Waals surface area contributed by atoms with E-state index < -0.39 is 11.6 Å². The molecule has 0 saturated carbocycles. The van der Waals surface area contributed by atoms with Crippen LogP contribution in [0, 0.1) is 18.6 Å². The summed E-state index contributed by atoms with van der Waals surface area (Å²) in [5.41, 5.74) is 10.4. The lowest BCUT2D eigenvalue weighted by Crippen LogP contribution is -2.26. The average molecular weight is 517 g/mol. The maximum atomic E-state index is 15.0. The highest BCUT2D eigenvalue weighted by atomic mass is 19.1. The van der Waals surface area contributed by atoms with Gasteiger partial charge in [0.1, 0.15) is 17.3 Å². The van der Waals surface area contributed by atoms with Crippen molar-refractivity contribution >= 4 is 29.2 Å². The Morgan fingerprint density at radius 3 is 2.45 bits per heavy atom. The van der Waals surface area contributed by atoms with Gasteiger partial charge in [0.15, 0.2) is 5.82 Å². The maximum Gasteiger partial charge on any atom is 0.225 e. The summed E-state index contributed by atoms with van der Waals surface area (Å²) < 4.78 is 30.0. The lowest BCUT2D eigenvalue weighted by Gasteiger charge is -2.30. The summed E-state index contributed by atoms with van der Waals surface area (Å²) in [6.45, 7) is 17.7. The minimum Gasteiger partial charge on any atom is -0.399 e. The van der Waals surface area contributed by atoms with Gasteiger partial charge >= 0.3 is 0 Å². The van der Waals surface area contributed by atoms with Crippen molar-refractivity contribution in [3.63, 3.8) is 0 Å². The van der Waals surface area contributed by atoms with Crippen LogP contribution in [0.2, 0.25) is 0 Å². The molecule has 0 bridgehead atoms. The van der Waals surface area contributed by atoms with Crippen molar-refractivity contribution in [1.82, 2.24) is 14.9 Å². The Kier molecular flexibility index (Phi) is 8.22. The third-order valence-electron chi connectivity index (χ3n) is 6.72. The van der Waals surface area contributed by atoms with Crippen LogP contribution < -0.4 is 16.0 Å². The van der Waals surface area contributed by atoms with Crippen LogP contribution in [0.3, 0.4) is 0 Å². The largest absolute Gasteiger partial charge is 0.399 e. The number of aromatic nitrogens is 2. The predicted octanol–water partition coefficient (Wildman–Crippen LogP) is 6.48. The Balaban J connectivity index is 1.86. The summed E-state index contributed by atoms with van der Waals surface area (Å²) in [6, 6.07) is 9.56. The molecule has 38 heavy (non-hydrogen) atoms. The van der Waals surface area contributed by atoms with E-state index in [1.54, 1.807) is 6.08 Å². The molecule has 1 aliphatic rings. The second-order valence-corrected chi connectivity index (χ2v) is 9.23. The zero-order valence-electron chi connectivity index (χ0n) is 22.2. The van der Waals surface area contributed by atoms with E-state index in [0.717, 1.165) is 42.7 Å². The molecular formula is C30H34F2N6. The van der Waals surface area contributed by atoms with Gasteiger partial charge in [-0.15, -0.1) is 0 Å². The minimum absolute atomic E-state index is 0.235. The van der Waals surface area contributed by atoms with E-state index in [1.807, 2.05) is 31.2 Å². The Labute approximate surface area is 223 Å². The molecule has 198 valence electrons. The van der Waals surface area contributed by atoms with E-state index in [-0.39, 0.29) is 5.69 Å². The van der Waals surface area contributed by atoms with Crippen molar-refractivity contribution in [2.45, 2.75) is 27.2 Å². The average Bonchev–Trinajstić information content (AvgIpc) is 2.89. The smallest absolute Gasteiger partial charge is 0.225 e. The summed E-state index contributed by atoms with van der Waals surface area (Å²) in [6.07, 6.45) is 4.42. The van der Waals surface area contributed by atoms with Gasteiger partial charge in [0.2, 0.25) is 5.95 Å². The molecule has 8 heteroatoms. The van der Waals surface area contributed by atoms with Crippen LogP contribution >= 0.6 is 0 Å². The molecule has 0 unspecified atom stereocenters. The van der Waals surface area contributed by atoms with Crippen molar-refractivity contribution in [3.05, 3.63) is 89.7 Å². The van der Waals surface area contributed by atoms with Crippen LogP contribution in [0.15, 0.2) is 61.3 Å². The Morgan fingerprint density at radius 1 is 1.08 bits per heavy atom. The first kappa shape index (κ1) is 27.0. The van der Waals surface area contributed by atoms with Crippen LogP contribution in [0.1, 0.15) is 37.0 Å². The molecule has 1 aromatic heterocycles. The number of hydrogen-bond donors (Lipinski definition) is 2. The first-order valence-corrected chi connectivity index (χ1v) is 12.8. The van der Waals surface area contributed by atoms with Gasteiger partial charge < -0.3 is 16.0 Å². The number of anilines is 3. The van der Waals surface area contributed by atoms with Crippen LogP contribution in [0.25, 0.3) is 23.0 Å². The Morgan fingerprint density at radius 2 is 1.79 bits per heavy atom. The molecule has 2 aromatic carbocycles. The highest BCUT2D eigenvalue weighted by Gasteiger charge is 2.29. The van der Waals surface area contributed by atoms with E-state index in [9.17, 15) is 8.78 Å². The number of aryl methyl sites for hydroxylation is 1. The molecule has 0 radical (unpaired) electrons. The molecule has 0 atom stereocenters. The standard InChI is InChI=1S/C30H34F2N6/c1-6-37(7-2)17-9-16-34-30-35-27(24-18-22(21(5)33)14-12-19(24)3)23-15-13-20(4)38(29(23)36-30)28-25(31)10-8-11-26(28)32/h8,10-15,18H,4-7,9,16-17,33H2,1-3H3,(H,34,35,36). The summed E-state index contributed by atoms with van der Waals surface area (Å²) >= 11 is 0.